The summed E-state index contributed by atoms with van der Waals surface area (Å²) in [5, 5.41) is 9.07. The Hall–Kier alpha value is -1.63. The van der Waals surface area contributed by atoms with Crippen LogP contribution in [0.5, 0.6) is 0 Å². The monoisotopic (exact) mass is 204 g/mol. The minimum Gasteiger partial charge on any atom is -0.287 e. The van der Waals surface area contributed by atoms with Crippen LogP contribution in [0.1, 0.15) is 5.69 Å². The number of anilines is 1. The first-order valence-corrected chi connectivity index (χ1v) is 3.56. The summed E-state index contributed by atoms with van der Waals surface area (Å²) < 4.78 is 0. The third-order valence-electron chi connectivity index (χ3n) is 1.23. The molecule has 0 aromatic carbocycles. The lowest BCUT2D eigenvalue weighted by atomic mass is 10.4. The molecule has 0 fully saturated rings. The van der Waals surface area contributed by atoms with Gasteiger partial charge in [0.2, 0.25) is 0 Å². The number of aryl methyl sites for hydroxylation is 1. The van der Waals surface area contributed by atoms with Gasteiger partial charge in [-0.25, -0.2) is 15.1 Å². The van der Waals surface area contributed by atoms with Crippen LogP contribution in [0, 0.1) is 17.0 Å². The summed E-state index contributed by atoms with van der Waals surface area (Å²) in [6.07, 6.45) is 0. The molecule has 0 radical (unpaired) electrons. The Bertz CT molecular complexity index is 401. The highest BCUT2D eigenvalue weighted by atomic mass is 35.5. The second kappa shape index (κ2) is 3.40. The van der Waals surface area contributed by atoms with Gasteiger partial charge in [-0.3, -0.25) is 9.78 Å². The molecule has 7 nitrogen and oxygen atoms in total. The summed E-state index contributed by atoms with van der Waals surface area (Å²) in [6.45, 7) is 1.47. The number of nitrogens with zero attached hydrogens (tertiary/aromatic N) is 2. The fourth-order valence-corrected chi connectivity index (χ4v) is 0.800. The van der Waals surface area contributed by atoms with Crippen molar-refractivity contribution in [2.45, 2.75) is 6.92 Å². The molecule has 0 saturated carbocycles. The molecule has 0 atom stereocenters. The number of hydrogen-bond acceptors (Lipinski definition) is 4. The molecule has 0 saturated heterocycles. The van der Waals surface area contributed by atoms with Gasteiger partial charge in [-0.1, -0.05) is 17.0 Å². The smallest absolute Gasteiger partial charge is 0.271 e. The molecule has 1 aromatic rings. The lowest BCUT2D eigenvalue weighted by molar-refractivity contribution is -0.446. The van der Waals surface area contributed by atoms with E-state index in [0.717, 1.165) is 0 Å². The van der Waals surface area contributed by atoms with E-state index in [-0.39, 0.29) is 16.7 Å². The number of nitro groups is 1. The molecule has 0 aliphatic carbocycles. The van der Waals surface area contributed by atoms with Crippen molar-refractivity contribution in [3.63, 3.8) is 0 Å². The van der Waals surface area contributed by atoms with Crippen molar-refractivity contribution < 1.29 is 5.03 Å². The van der Waals surface area contributed by atoms with Crippen LogP contribution in [-0.4, -0.2) is 15.0 Å². The van der Waals surface area contributed by atoms with Gasteiger partial charge in [0, 0.05) is 0 Å². The van der Waals surface area contributed by atoms with Gasteiger partial charge in [0.15, 0.2) is 5.03 Å². The molecule has 70 valence electrons. The van der Waals surface area contributed by atoms with Gasteiger partial charge in [-0.15, -0.1) is 0 Å². The summed E-state index contributed by atoms with van der Waals surface area (Å²) >= 11 is 5.48. The Balaban J connectivity index is 3.13. The average molecular weight is 205 g/mol. The normalized spacial score (nSPS) is 9.69. The van der Waals surface area contributed by atoms with Crippen molar-refractivity contribution in [1.29, 1.82) is 0 Å². The van der Waals surface area contributed by atoms with Gasteiger partial charge in [0.1, 0.15) is 5.02 Å². The van der Waals surface area contributed by atoms with Crippen LogP contribution in [0.25, 0.3) is 0 Å². The van der Waals surface area contributed by atoms with Gasteiger partial charge in [0.25, 0.3) is 11.5 Å². The topological polar surface area (TPSA) is 101 Å². The van der Waals surface area contributed by atoms with Crippen LogP contribution in [0.2, 0.25) is 5.02 Å². The molecular formula is C5H5ClN4O3. The highest BCUT2D eigenvalue weighted by Gasteiger charge is 2.07. The standard InChI is InChI=1S/C5H5ClN4O3/c1-2-3(6)4(11)8-5(7-2)9-10(12)13/h1H3,(H2,7,8,9,11). The highest BCUT2D eigenvalue weighted by molar-refractivity contribution is 6.30. The number of aromatic nitrogens is 2. The van der Waals surface area contributed by atoms with Crippen molar-refractivity contribution in [3.8, 4) is 0 Å². The van der Waals surface area contributed by atoms with Crippen LogP contribution in [0.3, 0.4) is 0 Å². The molecule has 0 amide bonds. The fourth-order valence-electron chi connectivity index (χ4n) is 0.711. The van der Waals surface area contributed by atoms with Crippen LogP contribution in [-0.2, 0) is 0 Å². The Labute approximate surface area is 76.9 Å². The average Bonchev–Trinajstić information content (AvgIpc) is 1.98. The zero-order chi connectivity index (χ0) is 10.0. The molecule has 1 aromatic heterocycles. The first-order valence-electron chi connectivity index (χ1n) is 3.18. The summed E-state index contributed by atoms with van der Waals surface area (Å²) in [4.78, 5) is 26.7. The second-order valence-electron chi connectivity index (χ2n) is 2.18. The van der Waals surface area contributed by atoms with E-state index in [9.17, 15) is 14.9 Å². The molecule has 0 aliphatic heterocycles. The number of hydrazine groups is 1. The maximum absolute atomic E-state index is 11.0. The third-order valence-corrected chi connectivity index (χ3v) is 1.67. The zero-order valence-electron chi connectivity index (χ0n) is 6.50. The second-order valence-corrected chi connectivity index (χ2v) is 2.56. The number of aromatic amines is 1. The Kier molecular flexibility index (Phi) is 2.47. The van der Waals surface area contributed by atoms with Crippen LogP contribution in [0.4, 0.5) is 5.95 Å². The van der Waals surface area contributed by atoms with Crippen molar-refractivity contribution in [2.75, 3.05) is 5.43 Å². The molecule has 0 spiro atoms. The first kappa shape index (κ1) is 9.46. The summed E-state index contributed by atoms with van der Waals surface area (Å²) in [7, 11) is 0. The lowest BCUT2D eigenvalue weighted by Gasteiger charge is -1.98. The predicted octanol–water partition coefficient (Wildman–Crippen LogP) is 0.335. The summed E-state index contributed by atoms with van der Waals surface area (Å²) in [6, 6.07) is 0. The molecule has 1 heterocycles. The minimum atomic E-state index is -0.828. The molecule has 0 bridgehead atoms. The molecule has 0 aliphatic rings. The van der Waals surface area contributed by atoms with Crippen LogP contribution in [0.15, 0.2) is 4.79 Å². The third kappa shape index (κ3) is 2.15. The van der Waals surface area contributed by atoms with Crippen molar-refractivity contribution >= 4 is 17.5 Å². The Morgan fingerprint density at radius 2 is 2.31 bits per heavy atom. The van der Waals surface area contributed by atoms with E-state index in [2.05, 4.69) is 9.97 Å². The van der Waals surface area contributed by atoms with Crippen molar-refractivity contribution in [2.24, 2.45) is 0 Å². The number of nitrogens with one attached hydrogen (secondary N) is 2. The van der Waals surface area contributed by atoms with Crippen molar-refractivity contribution in [1.82, 2.24) is 9.97 Å². The van der Waals surface area contributed by atoms with E-state index in [0.29, 0.717) is 0 Å². The predicted molar refractivity (Wildman–Crippen MR) is 45.2 cm³/mol. The SMILES string of the molecule is Cc1nc(N[N+](=O)[O-])[nH]c(=O)c1Cl. The molecular weight excluding hydrogens is 200 g/mol. The molecule has 13 heavy (non-hydrogen) atoms. The Morgan fingerprint density at radius 1 is 1.69 bits per heavy atom. The number of H-pyrrole nitrogens is 1. The minimum absolute atomic E-state index is 0.0751. The van der Waals surface area contributed by atoms with E-state index >= 15 is 0 Å². The van der Waals surface area contributed by atoms with Gasteiger partial charge in [0.05, 0.1) is 5.69 Å². The molecule has 8 heteroatoms. The Morgan fingerprint density at radius 3 is 2.77 bits per heavy atom. The number of rotatable bonds is 2. The fraction of sp³-hybridized carbons (Fsp3) is 0.200. The van der Waals surface area contributed by atoms with Gasteiger partial charge in [-0.05, 0) is 6.92 Å². The van der Waals surface area contributed by atoms with Crippen LogP contribution >= 0.6 is 11.6 Å². The van der Waals surface area contributed by atoms with Crippen LogP contribution < -0.4 is 11.0 Å². The number of halogens is 1. The summed E-state index contributed by atoms with van der Waals surface area (Å²) in [5.74, 6) is -0.239. The maximum atomic E-state index is 11.0. The highest BCUT2D eigenvalue weighted by Crippen LogP contribution is 2.06. The molecule has 1 rings (SSSR count). The first-order chi connectivity index (χ1) is 6.00. The maximum Gasteiger partial charge on any atom is 0.271 e. The quantitative estimate of drug-likeness (QED) is 0.534. The van der Waals surface area contributed by atoms with E-state index in [1.165, 1.54) is 6.92 Å². The van der Waals surface area contributed by atoms with E-state index in [1.807, 2.05) is 0 Å². The van der Waals surface area contributed by atoms with E-state index in [4.69, 9.17) is 11.6 Å². The van der Waals surface area contributed by atoms with Gasteiger partial charge >= 0.3 is 0 Å². The molecule has 2 N–H and O–H groups in total. The lowest BCUT2D eigenvalue weighted by Crippen LogP contribution is -2.18. The van der Waals surface area contributed by atoms with E-state index < -0.39 is 10.6 Å². The van der Waals surface area contributed by atoms with Gasteiger partial charge < -0.3 is 0 Å². The van der Waals surface area contributed by atoms with Crippen molar-refractivity contribution in [3.05, 3.63) is 31.2 Å². The van der Waals surface area contributed by atoms with E-state index in [1.54, 1.807) is 5.43 Å². The molecule has 0 unspecified atom stereocenters. The zero-order valence-corrected chi connectivity index (χ0v) is 7.25. The number of hydrogen-bond donors (Lipinski definition) is 2. The summed E-state index contributed by atoms with van der Waals surface area (Å²) in [5.41, 5.74) is 1.33. The largest absolute Gasteiger partial charge is 0.287 e. The van der Waals surface area contributed by atoms with Gasteiger partial charge in [-0.2, -0.15) is 0 Å².